The first-order valence-corrected chi connectivity index (χ1v) is 6.00. The van der Waals surface area contributed by atoms with Crippen LogP contribution >= 0.6 is 0 Å². The molecule has 0 amide bonds. The molecular formula is C12H19NO6. The van der Waals surface area contributed by atoms with E-state index < -0.39 is 24.4 Å². The third-order valence-electron chi connectivity index (χ3n) is 2.75. The monoisotopic (exact) mass is 273 g/mol. The van der Waals surface area contributed by atoms with Gasteiger partial charge in [0, 0.05) is 12.3 Å². The highest BCUT2D eigenvalue weighted by Crippen LogP contribution is 2.10. The fourth-order valence-corrected chi connectivity index (χ4v) is 1.65. The zero-order valence-electron chi connectivity index (χ0n) is 10.8. The summed E-state index contributed by atoms with van der Waals surface area (Å²) in [6.45, 7) is 1.69. The fourth-order valence-electron chi connectivity index (χ4n) is 1.65. The molecule has 0 unspecified atom stereocenters. The minimum atomic E-state index is -1.22. The molecule has 0 fully saturated rings. The summed E-state index contributed by atoms with van der Waals surface area (Å²) in [5.74, 6) is -2.84. The number of carbonyl (C=O) groups excluding carboxylic acids is 2. The Morgan fingerprint density at radius 2 is 1.89 bits per heavy atom. The molecule has 0 rings (SSSR count). The molecular weight excluding hydrogens is 254 g/mol. The van der Waals surface area contributed by atoms with Crippen molar-refractivity contribution < 1.29 is 29.4 Å². The molecule has 0 aromatic rings. The van der Waals surface area contributed by atoms with Crippen LogP contribution in [0.3, 0.4) is 0 Å². The van der Waals surface area contributed by atoms with E-state index in [2.05, 4.69) is 5.32 Å². The summed E-state index contributed by atoms with van der Waals surface area (Å²) < 4.78 is 0. The zero-order valence-corrected chi connectivity index (χ0v) is 10.8. The number of carboxylic acids is 2. The van der Waals surface area contributed by atoms with Crippen molar-refractivity contribution in [3.05, 3.63) is 0 Å². The van der Waals surface area contributed by atoms with E-state index in [1.807, 2.05) is 0 Å². The van der Waals surface area contributed by atoms with Crippen molar-refractivity contribution in [3.8, 4) is 0 Å². The first kappa shape index (κ1) is 17.2. The lowest BCUT2D eigenvalue weighted by Crippen LogP contribution is -2.39. The Bertz CT molecular complexity index is 341. The third kappa shape index (κ3) is 8.04. The molecule has 0 saturated heterocycles. The van der Waals surface area contributed by atoms with Crippen LogP contribution in [0.1, 0.15) is 32.6 Å². The quantitative estimate of drug-likeness (QED) is 0.360. The van der Waals surface area contributed by atoms with Crippen molar-refractivity contribution in [2.75, 3.05) is 6.54 Å². The van der Waals surface area contributed by atoms with E-state index in [0.29, 0.717) is 19.1 Å². The first-order chi connectivity index (χ1) is 8.88. The van der Waals surface area contributed by atoms with Gasteiger partial charge in [-0.2, -0.15) is 0 Å². The van der Waals surface area contributed by atoms with Gasteiger partial charge in [0.05, 0.1) is 6.42 Å². The molecule has 0 saturated carbocycles. The SMILES string of the molecule is CC(=O)[C@H](CC=O)CCCN[C@@H](CC(=O)O)C(=O)O. The number of rotatable bonds is 11. The van der Waals surface area contributed by atoms with Gasteiger partial charge in [-0.25, -0.2) is 0 Å². The van der Waals surface area contributed by atoms with Gasteiger partial charge in [-0.15, -0.1) is 0 Å². The largest absolute Gasteiger partial charge is 0.481 e. The summed E-state index contributed by atoms with van der Waals surface area (Å²) >= 11 is 0. The molecule has 0 aliphatic heterocycles. The molecule has 0 bridgehead atoms. The summed E-state index contributed by atoms with van der Waals surface area (Å²) in [5.41, 5.74) is 0. The molecule has 7 nitrogen and oxygen atoms in total. The van der Waals surface area contributed by atoms with Gasteiger partial charge in [-0.05, 0) is 26.3 Å². The molecule has 7 heteroatoms. The average Bonchev–Trinajstić information content (AvgIpc) is 2.30. The standard InChI is InChI=1S/C12H19NO6/c1-8(15)9(4-6-14)3-2-5-13-10(12(18)19)7-11(16)17/h6,9-10,13H,2-5,7H2,1H3,(H,16,17)(H,18,19)/t9-,10-/m0/s1. The number of hydrogen-bond donors (Lipinski definition) is 3. The van der Waals surface area contributed by atoms with Gasteiger partial charge in [0.25, 0.3) is 0 Å². The van der Waals surface area contributed by atoms with Gasteiger partial charge in [0.2, 0.25) is 0 Å². The summed E-state index contributed by atoms with van der Waals surface area (Å²) in [4.78, 5) is 42.7. The molecule has 0 spiro atoms. The summed E-state index contributed by atoms with van der Waals surface area (Å²) in [6.07, 6.45) is 1.32. The second-order valence-electron chi connectivity index (χ2n) is 4.29. The number of carbonyl (C=O) groups is 4. The summed E-state index contributed by atoms with van der Waals surface area (Å²) in [5, 5.41) is 19.9. The maximum absolute atomic E-state index is 11.2. The van der Waals surface area contributed by atoms with Gasteiger partial charge in [-0.1, -0.05) is 0 Å². The van der Waals surface area contributed by atoms with Crippen molar-refractivity contribution in [2.24, 2.45) is 5.92 Å². The summed E-state index contributed by atoms with van der Waals surface area (Å²) in [6, 6.07) is -1.14. The Morgan fingerprint density at radius 1 is 1.26 bits per heavy atom. The minimum absolute atomic E-state index is 0.0765. The number of carboxylic acid groups (broad SMARTS) is 2. The van der Waals surface area contributed by atoms with Crippen molar-refractivity contribution in [1.29, 1.82) is 0 Å². The Morgan fingerprint density at radius 3 is 2.32 bits per heavy atom. The second kappa shape index (κ2) is 9.21. The first-order valence-electron chi connectivity index (χ1n) is 6.00. The number of ketones is 1. The lowest BCUT2D eigenvalue weighted by atomic mass is 9.96. The topological polar surface area (TPSA) is 121 Å². The molecule has 0 heterocycles. The summed E-state index contributed by atoms with van der Waals surface area (Å²) in [7, 11) is 0. The van der Waals surface area contributed by atoms with Crippen LogP contribution in [0.25, 0.3) is 0 Å². The third-order valence-corrected chi connectivity index (χ3v) is 2.75. The van der Waals surface area contributed by atoms with Crippen LogP contribution in [0.15, 0.2) is 0 Å². The van der Waals surface area contributed by atoms with E-state index in [1.54, 1.807) is 0 Å². The van der Waals surface area contributed by atoms with Crippen LogP contribution in [0.4, 0.5) is 0 Å². The lowest BCUT2D eigenvalue weighted by molar-refractivity contribution is -0.145. The molecule has 0 aromatic heterocycles. The Balaban J connectivity index is 4.04. The molecule has 3 N–H and O–H groups in total. The normalized spacial score (nSPS) is 13.5. The molecule has 0 aliphatic carbocycles. The van der Waals surface area contributed by atoms with Crippen molar-refractivity contribution in [1.82, 2.24) is 5.32 Å². The van der Waals surface area contributed by atoms with E-state index in [4.69, 9.17) is 10.2 Å². The van der Waals surface area contributed by atoms with Crippen LogP contribution in [0, 0.1) is 5.92 Å². The molecule has 0 aromatic carbocycles. The van der Waals surface area contributed by atoms with Crippen molar-refractivity contribution in [2.45, 2.75) is 38.6 Å². The van der Waals surface area contributed by atoms with Gasteiger partial charge >= 0.3 is 11.9 Å². The molecule has 0 radical (unpaired) electrons. The molecule has 2 atom stereocenters. The molecule has 0 aliphatic rings. The van der Waals surface area contributed by atoms with E-state index in [9.17, 15) is 19.2 Å². The highest BCUT2D eigenvalue weighted by molar-refractivity contribution is 5.81. The smallest absolute Gasteiger partial charge is 0.321 e. The van der Waals surface area contributed by atoms with Gasteiger partial charge < -0.3 is 20.3 Å². The predicted molar refractivity (Wildman–Crippen MR) is 65.8 cm³/mol. The highest BCUT2D eigenvalue weighted by Gasteiger charge is 2.20. The predicted octanol–water partition coefficient (Wildman–Crippen LogP) is 0.0783. The molecule has 19 heavy (non-hydrogen) atoms. The number of aldehydes is 1. The van der Waals surface area contributed by atoms with Crippen LogP contribution in [-0.2, 0) is 19.2 Å². The Hall–Kier alpha value is -1.76. The van der Waals surface area contributed by atoms with Gasteiger partial charge in [0.1, 0.15) is 18.1 Å². The average molecular weight is 273 g/mol. The number of nitrogens with one attached hydrogen (secondary N) is 1. The maximum Gasteiger partial charge on any atom is 0.321 e. The van der Waals surface area contributed by atoms with Crippen LogP contribution in [-0.4, -0.2) is 46.8 Å². The minimum Gasteiger partial charge on any atom is -0.481 e. The van der Waals surface area contributed by atoms with Crippen molar-refractivity contribution in [3.63, 3.8) is 0 Å². The fraction of sp³-hybridized carbons (Fsp3) is 0.667. The molecule has 108 valence electrons. The van der Waals surface area contributed by atoms with Crippen molar-refractivity contribution >= 4 is 24.0 Å². The Kier molecular flexibility index (Phi) is 8.35. The number of aliphatic carboxylic acids is 2. The van der Waals surface area contributed by atoms with Gasteiger partial charge in [0.15, 0.2) is 0 Å². The van der Waals surface area contributed by atoms with E-state index in [0.717, 1.165) is 0 Å². The van der Waals surface area contributed by atoms with Crippen LogP contribution in [0.2, 0.25) is 0 Å². The zero-order chi connectivity index (χ0) is 14.8. The van der Waals surface area contributed by atoms with Crippen LogP contribution in [0.5, 0.6) is 0 Å². The second-order valence-corrected chi connectivity index (χ2v) is 4.29. The van der Waals surface area contributed by atoms with Crippen LogP contribution < -0.4 is 5.32 Å². The van der Waals surface area contributed by atoms with E-state index in [-0.39, 0.29) is 24.7 Å². The highest BCUT2D eigenvalue weighted by atomic mass is 16.4. The lowest BCUT2D eigenvalue weighted by Gasteiger charge is -2.14. The Labute approximate surface area is 111 Å². The van der Waals surface area contributed by atoms with E-state index in [1.165, 1.54) is 6.92 Å². The van der Waals surface area contributed by atoms with E-state index >= 15 is 0 Å². The maximum atomic E-state index is 11.2. The number of hydrogen-bond acceptors (Lipinski definition) is 5. The van der Waals surface area contributed by atoms with Gasteiger partial charge in [-0.3, -0.25) is 14.4 Å². The number of Topliss-reactive ketones (excluding diaryl/α,β-unsaturated/α-hetero) is 1.